The summed E-state index contributed by atoms with van der Waals surface area (Å²) in [5, 5.41) is 0. The highest BCUT2D eigenvalue weighted by molar-refractivity contribution is 5.13. The first-order valence-corrected chi connectivity index (χ1v) is 7.40. The van der Waals surface area contributed by atoms with Gasteiger partial charge in [0.25, 0.3) is 0 Å². The van der Waals surface area contributed by atoms with Crippen molar-refractivity contribution >= 4 is 0 Å². The van der Waals surface area contributed by atoms with Gasteiger partial charge in [0.1, 0.15) is 0 Å². The molecule has 0 aromatic rings. The first-order chi connectivity index (χ1) is 7.88. The number of hydrogen-bond donors (Lipinski definition) is 0. The third-order valence-electron chi connectivity index (χ3n) is 5.96. The van der Waals surface area contributed by atoms with E-state index in [0.717, 1.165) is 35.5 Å². The molecule has 4 aliphatic carbocycles. The Balaban J connectivity index is 1.32. The predicted octanol–water partition coefficient (Wildman–Crippen LogP) is 4.23. The topological polar surface area (TPSA) is 0 Å². The van der Waals surface area contributed by atoms with Gasteiger partial charge < -0.3 is 0 Å². The number of fused-ring (bicyclic) bond motifs is 4. The predicted molar refractivity (Wildman–Crippen MR) is 66.7 cm³/mol. The zero-order valence-corrected chi connectivity index (χ0v) is 10.1. The van der Waals surface area contributed by atoms with Crippen molar-refractivity contribution in [3.05, 3.63) is 18.6 Å². The Labute approximate surface area is 99.5 Å². The van der Waals surface area contributed by atoms with E-state index in [9.17, 15) is 0 Å². The average molecular weight is 215 g/mol. The van der Waals surface area contributed by atoms with E-state index in [1.807, 2.05) is 0 Å². The Bertz CT molecular complexity index is 303. The summed E-state index contributed by atoms with van der Waals surface area (Å²) in [4.78, 5) is 0. The molecule has 0 spiro atoms. The van der Waals surface area contributed by atoms with Gasteiger partial charge in [0.05, 0.1) is 0 Å². The van der Waals surface area contributed by atoms with Crippen molar-refractivity contribution in [3.63, 3.8) is 0 Å². The van der Waals surface area contributed by atoms with Crippen LogP contribution in [0.2, 0.25) is 0 Å². The molecule has 6 unspecified atom stereocenters. The Hall–Kier alpha value is -0.260. The van der Waals surface area contributed by atoms with Gasteiger partial charge in [-0.15, -0.1) is 0 Å². The minimum atomic E-state index is 0.934. The smallest absolute Gasteiger partial charge is 0.0196 e. The lowest BCUT2D eigenvalue weighted by atomic mass is 9.81. The maximum absolute atomic E-state index is 2.72. The van der Waals surface area contributed by atoms with E-state index in [1.54, 1.807) is 25.7 Å². The van der Waals surface area contributed by atoms with Crippen LogP contribution < -0.4 is 0 Å². The van der Waals surface area contributed by atoms with Crippen LogP contribution in [0.3, 0.4) is 0 Å². The molecule has 1 radical (unpaired) electrons. The Morgan fingerprint density at radius 2 is 2.00 bits per heavy atom. The summed E-state index contributed by atoms with van der Waals surface area (Å²) < 4.78 is 0. The molecule has 0 saturated heterocycles. The van der Waals surface area contributed by atoms with Gasteiger partial charge in [-0.05, 0) is 80.5 Å². The molecule has 3 fully saturated rings. The third kappa shape index (κ3) is 1.49. The lowest BCUT2D eigenvalue weighted by Gasteiger charge is -2.24. The molecule has 3 saturated carbocycles. The van der Waals surface area contributed by atoms with Gasteiger partial charge in [-0.3, -0.25) is 0 Å². The normalized spacial score (nSPS) is 53.0. The summed E-state index contributed by atoms with van der Waals surface area (Å²) in [6.07, 6.45) is 18.3. The van der Waals surface area contributed by atoms with Crippen LogP contribution in [-0.4, -0.2) is 0 Å². The maximum Gasteiger partial charge on any atom is -0.0196 e. The number of allylic oxidation sites excluding steroid dienone is 2. The zero-order chi connectivity index (χ0) is 10.5. The molecular weight excluding hydrogens is 192 g/mol. The molecule has 0 N–H and O–H groups in total. The first-order valence-electron chi connectivity index (χ1n) is 7.40. The molecule has 4 aliphatic rings. The molecule has 4 rings (SSSR count). The van der Waals surface area contributed by atoms with Gasteiger partial charge in [0.15, 0.2) is 0 Å². The fraction of sp³-hybridized carbons (Fsp3) is 0.812. The fourth-order valence-electron chi connectivity index (χ4n) is 5.11. The molecule has 0 aromatic carbocycles. The molecule has 0 heteroatoms. The van der Waals surface area contributed by atoms with Crippen molar-refractivity contribution in [2.24, 2.45) is 35.5 Å². The van der Waals surface area contributed by atoms with Crippen LogP contribution in [0.4, 0.5) is 0 Å². The number of rotatable bonds is 3. The van der Waals surface area contributed by atoms with Crippen LogP contribution in [0, 0.1) is 41.9 Å². The summed E-state index contributed by atoms with van der Waals surface area (Å²) in [7, 11) is 0. The van der Waals surface area contributed by atoms with Crippen LogP contribution in [-0.2, 0) is 0 Å². The van der Waals surface area contributed by atoms with E-state index in [4.69, 9.17) is 0 Å². The van der Waals surface area contributed by atoms with Crippen LogP contribution in [0.15, 0.2) is 12.2 Å². The van der Waals surface area contributed by atoms with Crippen molar-refractivity contribution in [1.82, 2.24) is 0 Å². The monoisotopic (exact) mass is 215 g/mol. The third-order valence-corrected chi connectivity index (χ3v) is 5.96. The van der Waals surface area contributed by atoms with E-state index >= 15 is 0 Å². The van der Waals surface area contributed by atoms with E-state index < -0.39 is 0 Å². The van der Waals surface area contributed by atoms with E-state index in [1.165, 1.54) is 19.3 Å². The van der Waals surface area contributed by atoms with Crippen molar-refractivity contribution in [2.75, 3.05) is 0 Å². The van der Waals surface area contributed by atoms with Gasteiger partial charge in [-0.1, -0.05) is 18.6 Å². The van der Waals surface area contributed by atoms with Crippen LogP contribution in [0.1, 0.15) is 44.9 Å². The molecule has 0 aliphatic heterocycles. The van der Waals surface area contributed by atoms with E-state index in [2.05, 4.69) is 18.6 Å². The fourth-order valence-corrected chi connectivity index (χ4v) is 5.11. The van der Waals surface area contributed by atoms with Gasteiger partial charge in [-0.2, -0.15) is 0 Å². The number of hydrogen-bond acceptors (Lipinski definition) is 0. The summed E-state index contributed by atoms with van der Waals surface area (Å²) in [6, 6.07) is 0. The highest BCUT2D eigenvalue weighted by atomic mass is 14.5. The molecule has 0 heterocycles. The standard InChI is InChI=1S/C16H23/c1-3-13-7-11(1)9-15(13)5-6-16-10-12-2-4-14(16)8-12/h1,3,5,11-16H,2,4,6-10H2. The first kappa shape index (κ1) is 9.74. The maximum atomic E-state index is 2.72. The van der Waals surface area contributed by atoms with Crippen LogP contribution in [0.25, 0.3) is 0 Å². The molecule has 0 nitrogen and oxygen atoms in total. The second kappa shape index (κ2) is 3.62. The molecule has 4 bridgehead atoms. The highest BCUT2D eigenvalue weighted by Gasteiger charge is 2.41. The van der Waals surface area contributed by atoms with Crippen LogP contribution in [0.5, 0.6) is 0 Å². The largest absolute Gasteiger partial charge is 0.0851 e. The van der Waals surface area contributed by atoms with Gasteiger partial charge in [0.2, 0.25) is 0 Å². The lowest BCUT2D eigenvalue weighted by molar-refractivity contribution is 0.314. The van der Waals surface area contributed by atoms with Gasteiger partial charge >= 0.3 is 0 Å². The minimum absolute atomic E-state index is 0.934. The van der Waals surface area contributed by atoms with Crippen molar-refractivity contribution in [3.8, 4) is 0 Å². The quantitative estimate of drug-likeness (QED) is 0.618. The van der Waals surface area contributed by atoms with Crippen molar-refractivity contribution in [1.29, 1.82) is 0 Å². The van der Waals surface area contributed by atoms with Gasteiger partial charge in [-0.25, -0.2) is 0 Å². The minimum Gasteiger partial charge on any atom is -0.0851 e. The highest BCUT2D eigenvalue weighted by Crippen LogP contribution is 2.51. The SMILES string of the molecule is [CH](CC1CC2CCC1C2)C1CC2C=CC1C2. The Morgan fingerprint density at radius 1 is 1.00 bits per heavy atom. The second-order valence-corrected chi connectivity index (χ2v) is 6.85. The molecule has 0 amide bonds. The summed E-state index contributed by atoms with van der Waals surface area (Å²) in [5.74, 6) is 6.17. The summed E-state index contributed by atoms with van der Waals surface area (Å²) >= 11 is 0. The average Bonchev–Trinajstić information content (AvgIpc) is 3.05. The van der Waals surface area contributed by atoms with Gasteiger partial charge in [0, 0.05) is 0 Å². The zero-order valence-electron chi connectivity index (χ0n) is 10.1. The molecule has 0 aromatic heterocycles. The second-order valence-electron chi connectivity index (χ2n) is 6.85. The molecule has 6 atom stereocenters. The Kier molecular flexibility index (Phi) is 2.20. The van der Waals surface area contributed by atoms with Crippen LogP contribution >= 0.6 is 0 Å². The molecular formula is C16H23. The van der Waals surface area contributed by atoms with E-state index in [-0.39, 0.29) is 0 Å². The van der Waals surface area contributed by atoms with Crippen molar-refractivity contribution < 1.29 is 0 Å². The Morgan fingerprint density at radius 3 is 2.62 bits per heavy atom. The lowest BCUT2D eigenvalue weighted by Crippen LogP contribution is -2.14. The van der Waals surface area contributed by atoms with E-state index in [0.29, 0.717) is 0 Å². The molecule has 87 valence electrons. The summed E-state index contributed by atoms with van der Waals surface area (Å²) in [6.45, 7) is 0. The summed E-state index contributed by atoms with van der Waals surface area (Å²) in [5.41, 5.74) is 0. The molecule has 16 heavy (non-hydrogen) atoms. The van der Waals surface area contributed by atoms with Crippen molar-refractivity contribution in [2.45, 2.75) is 44.9 Å².